The van der Waals surface area contributed by atoms with Gasteiger partial charge < -0.3 is 0 Å². The smallest absolute Gasteiger partial charge is 0.268 e. The Balaban J connectivity index is 1.89. The second-order valence-electron chi connectivity index (χ2n) is 4.67. The van der Waals surface area contributed by atoms with E-state index >= 15 is 0 Å². The second kappa shape index (κ2) is 7.74. The van der Waals surface area contributed by atoms with Crippen molar-refractivity contribution in [2.24, 2.45) is 0 Å². The molecule has 0 aromatic heterocycles. The molecule has 22 heavy (non-hydrogen) atoms. The fourth-order valence-electron chi connectivity index (χ4n) is 1.72. The third-order valence-corrected chi connectivity index (χ3v) is 3.86. The van der Waals surface area contributed by atoms with E-state index in [4.69, 9.17) is 0 Å². The molecule has 0 radical (unpaired) electrons. The molecule has 0 aliphatic carbocycles. The van der Waals surface area contributed by atoms with Crippen LogP contribution < -0.4 is 10.9 Å². The Morgan fingerprint density at radius 1 is 1.00 bits per heavy atom. The van der Waals surface area contributed by atoms with Crippen LogP contribution in [0.4, 0.5) is 0 Å². The van der Waals surface area contributed by atoms with E-state index in [1.807, 2.05) is 43.3 Å². The lowest BCUT2D eigenvalue weighted by Crippen LogP contribution is -2.41. The molecule has 2 N–H and O–H groups in total. The fraction of sp³-hybridized carbons (Fsp3) is 0.0588. The van der Waals surface area contributed by atoms with E-state index in [2.05, 4.69) is 33.4 Å². The molecule has 0 aliphatic heterocycles. The molecule has 112 valence electrons. The number of rotatable bonds is 3. The van der Waals surface area contributed by atoms with Crippen LogP contribution in [-0.4, -0.2) is 11.8 Å². The van der Waals surface area contributed by atoms with Crippen molar-refractivity contribution >= 4 is 40.5 Å². The number of carbonyl (C=O) groups is 2. The predicted octanol–water partition coefficient (Wildman–Crippen LogP) is 3.07. The summed E-state index contributed by atoms with van der Waals surface area (Å²) in [6.07, 6.45) is 3.06. The average molecular weight is 406 g/mol. The molecular weight excluding hydrogens is 391 g/mol. The van der Waals surface area contributed by atoms with E-state index in [1.54, 1.807) is 18.2 Å². The molecule has 0 saturated heterocycles. The molecule has 5 heteroatoms. The third kappa shape index (κ3) is 4.70. The monoisotopic (exact) mass is 406 g/mol. The number of hydrogen-bond acceptors (Lipinski definition) is 2. The van der Waals surface area contributed by atoms with Crippen LogP contribution in [0.5, 0.6) is 0 Å². The number of amides is 2. The van der Waals surface area contributed by atoms with Crippen LogP contribution in [0, 0.1) is 10.5 Å². The summed E-state index contributed by atoms with van der Waals surface area (Å²) in [4.78, 5) is 23.6. The van der Waals surface area contributed by atoms with Gasteiger partial charge in [-0.2, -0.15) is 0 Å². The van der Waals surface area contributed by atoms with Crippen LogP contribution in [-0.2, 0) is 4.79 Å². The van der Waals surface area contributed by atoms with Gasteiger partial charge in [-0.25, -0.2) is 0 Å². The van der Waals surface area contributed by atoms with Crippen LogP contribution in [0.3, 0.4) is 0 Å². The van der Waals surface area contributed by atoms with Gasteiger partial charge in [-0.15, -0.1) is 0 Å². The number of hydrogen-bond donors (Lipinski definition) is 2. The molecule has 2 aromatic carbocycles. The zero-order chi connectivity index (χ0) is 15.9. The first-order valence-corrected chi connectivity index (χ1v) is 7.74. The standard InChI is InChI=1S/C17H15IN2O2/c1-12-6-8-13(9-7-12)10-11-16(21)19-20-17(22)14-4-2-3-5-15(14)18/h2-11H,1H3,(H,19,21)(H,20,22)/b11-10+. The van der Waals surface area contributed by atoms with E-state index in [0.29, 0.717) is 5.56 Å². The van der Waals surface area contributed by atoms with Crippen molar-refractivity contribution in [3.63, 3.8) is 0 Å². The van der Waals surface area contributed by atoms with Gasteiger partial charge in [-0.3, -0.25) is 20.4 Å². The van der Waals surface area contributed by atoms with E-state index in [0.717, 1.165) is 14.7 Å². The number of carbonyl (C=O) groups excluding carboxylic acids is 2. The van der Waals surface area contributed by atoms with Gasteiger partial charge in [-0.1, -0.05) is 42.0 Å². The summed E-state index contributed by atoms with van der Waals surface area (Å²) >= 11 is 2.07. The summed E-state index contributed by atoms with van der Waals surface area (Å²) in [5.41, 5.74) is 7.35. The quantitative estimate of drug-likeness (QED) is 0.468. The first-order chi connectivity index (χ1) is 10.6. The van der Waals surface area contributed by atoms with Crippen molar-refractivity contribution in [2.45, 2.75) is 6.92 Å². The van der Waals surface area contributed by atoms with Crippen LogP contribution in [0.15, 0.2) is 54.6 Å². The Bertz CT molecular complexity index is 709. The van der Waals surface area contributed by atoms with Gasteiger partial charge in [0.2, 0.25) is 0 Å². The average Bonchev–Trinajstić information content (AvgIpc) is 2.52. The van der Waals surface area contributed by atoms with Gasteiger partial charge >= 0.3 is 0 Å². The molecular formula is C17H15IN2O2. The van der Waals surface area contributed by atoms with Crippen LogP contribution in [0.1, 0.15) is 21.5 Å². The maximum atomic E-state index is 11.9. The van der Waals surface area contributed by atoms with Crippen molar-refractivity contribution in [1.29, 1.82) is 0 Å². The van der Waals surface area contributed by atoms with E-state index in [9.17, 15) is 9.59 Å². The summed E-state index contributed by atoms with van der Waals surface area (Å²) in [6.45, 7) is 2.00. The Kier molecular flexibility index (Phi) is 5.71. The van der Waals surface area contributed by atoms with Crippen molar-refractivity contribution in [2.75, 3.05) is 0 Å². The number of nitrogens with one attached hydrogen (secondary N) is 2. The Morgan fingerprint density at radius 3 is 2.36 bits per heavy atom. The highest BCUT2D eigenvalue weighted by Crippen LogP contribution is 2.10. The van der Waals surface area contributed by atoms with E-state index in [-0.39, 0.29) is 11.8 Å². The molecule has 0 heterocycles. The highest BCUT2D eigenvalue weighted by Gasteiger charge is 2.08. The lowest BCUT2D eigenvalue weighted by Gasteiger charge is -2.06. The van der Waals surface area contributed by atoms with Gasteiger partial charge in [0.05, 0.1) is 5.56 Å². The molecule has 0 aliphatic rings. The summed E-state index contributed by atoms with van der Waals surface area (Å²) < 4.78 is 0.821. The molecule has 0 fully saturated rings. The fourth-order valence-corrected chi connectivity index (χ4v) is 2.35. The van der Waals surface area contributed by atoms with Crippen LogP contribution in [0.25, 0.3) is 6.08 Å². The summed E-state index contributed by atoms with van der Waals surface area (Å²) in [5.74, 6) is -0.734. The van der Waals surface area contributed by atoms with Gasteiger partial charge in [0.15, 0.2) is 0 Å². The molecule has 0 unspecified atom stereocenters. The molecule has 0 spiro atoms. The zero-order valence-electron chi connectivity index (χ0n) is 12.0. The Labute approximate surface area is 142 Å². The minimum Gasteiger partial charge on any atom is -0.268 e. The van der Waals surface area contributed by atoms with Crippen molar-refractivity contribution < 1.29 is 9.59 Å². The minimum atomic E-state index is -0.389. The maximum absolute atomic E-state index is 11.9. The van der Waals surface area contributed by atoms with Gasteiger partial charge in [-0.05, 0) is 53.3 Å². The Morgan fingerprint density at radius 2 is 1.68 bits per heavy atom. The normalized spacial score (nSPS) is 10.5. The molecule has 2 amide bonds. The highest BCUT2D eigenvalue weighted by molar-refractivity contribution is 14.1. The molecule has 2 aromatic rings. The van der Waals surface area contributed by atoms with Crippen LogP contribution >= 0.6 is 22.6 Å². The van der Waals surface area contributed by atoms with Crippen molar-refractivity contribution in [1.82, 2.24) is 10.9 Å². The van der Waals surface area contributed by atoms with Gasteiger partial charge in [0.25, 0.3) is 11.8 Å². The number of aryl methyl sites for hydroxylation is 1. The van der Waals surface area contributed by atoms with Crippen molar-refractivity contribution in [3.05, 3.63) is 74.9 Å². The number of hydrazine groups is 1. The maximum Gasteiger partial charge on any atom is 0.270 e. The lowest BCUT2D eigenvalue weighted by atomic mass is 10.1. The molecule has 0 atom stereocenters. The molecule has 0 bridgehead atoms. The summed E-state index contributed by atoms with van der Waals surface area (Å²) in [5, 5.41) is 0. The van der Waals surface area contributed by atoms with E-state index in [1.165, 1.54) is 6.08 Å². The molecule has 2 rings (SSSR count). The SMILES string of the molecule is Cc1ccc(/C=C/C(=O)NNC(=O)c2ccccc2I)cc1. The second-order valence-corrected chi connectivity index (χ2v) is 5.83. The number of benzene rings is 2. The first kappa shape index (κ1) is 16.2. The highest BCUT2D eigenvalue weighted by atomic mass is 127. The van der Waals surface area contributed by atoms with Crippen LogP contribution in [0.2, 0.25) is 0 Å². The summed E-state index contributed by atoms with van der Waals surface area (Å²) in [7, 11) is 0. The zero-order valence-corrected chi connectivity index (χ0v) is 14.1. The topological polar surface area (TPSA) is 58.2 Å². The van der Waals surface area contributed by atoms with E-state index < -0.39 is 0 Å². The predicted molar refractivity (Wildman–Crippen MR) is 95.0 cm³/mol. The number of halogens is 1. The molecule has 4 nitrogen and oxygen atoms in total. The minimum absolute atomic E-state index is 0.345. The largest absolute Gasteiger partial charge is 0.270 e. The first-order valence-electron chi connectivity index (χ1n) is 6.66. The van der Waals surface area contributed by atoms with Crippen molar-refractivity contribution in [3.8, 4) is 0 Å². The lowest BCUT2D eigenvalue weighted by molar-refractivity contribution is -0.117. The summed E-state index contributed by atoms with van der Waals surface area (Å²) in [6, 6.07) is 14.9. The molecule has 0 saturated carbocycles. The van der Waals surface area contributed by atoms with Gasteiger partial charge in [0.1, 0.15) is 0 Å². The Hall–Kier alpha value is -2.15. The van der Waals surface area contributed by atoms with Gasteiger partial charge in [0, 0.05) is 9.65 Å². The third-order valence-electron chi connectivity index (χ3n) is 2.92.